The number of thioether (sulfide) groups is 1. The van der Waals surface area contributed by atoms with Crippen LogP contribution in [0.25, 0.3) is 5.65 Å². The van der Waals surface area contributed by atoms with Gasteiger partial charge in [0, 0.05) is 11.1 Å². The molecule has 0 atom stereocenters. The van der Waals surface area contributed by atoms with Gasteiger partial charge in [0.25, 0.3) is 0 Å². The largest absolute Gasteiger partial charge is 0.290 e. The molecule has 2 nitrogen and oxygen atoms in total. The molecule has 2 rings (SSSR count). The Morgan fingerprint density at radius 2 is 2.42 bits per heavy atom. The Labute approximate surface area is 79.6 Å². The summed E-state index contributed by atoms with van der Waals surface area (Å²) in [6.07, 6.45) is 5.62. The molecule has 2 heterocycles. The zero-order chi connectivity index (χ0) is 8.55. The first-order valence-corrected chi connectivity index (χ1v) is 5.08. The van der Waals surface area contributed by atoms with Gasteiger partial charge in [-0.2, -0.15) is 0 Å². The van der Waals surface area contributed by atoms with E-state index in [0.717, 1.165) is 5.65 Å². The van der Waals surface area contributed by atoms with Crippen molar-refractivity contribution in [3.63, 3.8) is 0 Å². The molecule has 0 aliphatic heterocycles. The molecule has 62 valence electrons. The number of pyridine rings is 1. The van der Waals surface area contributed by atoms with Crippen LogP contribution in [0.5, 0.6) is 0 Å². The normalized spacial score (nSPS) is 10.8. The Morgan fingerprint density at radius 1 is 1.58 bits per heavy atom. The van der Waals surface area contributed by atoms with Crippen LogP contribution in [-0.4, -0.2) is 15.6 Å². The van der Waals surface area contributed by atoms with E-state index in [1.165, 1.54) is 4.90 Å². The lowest BCUT2D eigenvalue weighted by molar-refractivity contribution is 1.16. The van der Waals surface area contributed by atoms with Gasteiger partial charge in [-0.15, -0.1) is 11.8 Å². The Bertz CT molecular complexity index is 410. The second-order valence-electron chi connectivity index (χ2n) is 2.38. The standard InChI is InChI=1S/C8H7ClN2S/c1-12-6-2-3-11-7(9)5-10-8(11)4-6/h2-5H,1H3. The van der Waals surface area contributed by atoms with Crippen molar-refractivity contribution in [3.8, 4) is 0 Å². The van der Waals surface area contributed by atoms with E-state index in [-0.39, 0.29) is 0 Å². The summed E-state index contributed by atoms with van der Waals surface area (Å²) in [5.74, 6) is 0. The number of hydrogen-bond donors (Lipinski definition) is 0. The summed E-state index contributed by atoms with van der Waals surface area (Å²) in [4.78, 5) is 5.34. The molecule has 0 aliphatic carbocycles. The van der Waals surface area contributed by atoms with E-state index in [0.29, 0.717) is 5.15 Å². The van der Waals surface area contributed by atoms with E-state index in [2.05, 4.69) is 4.98 Å². The molecule has 0 saturated carbocycles. The molecule has 12 heavy (non-hydrogen) atoms. The van der Waals surface area contributed by atoms with Crippen LogP contribution in [0.15, 0.2) is 29.4 Å². The third-order valence-corrected chi connectivity index (χ3v) is 2.68. The molecule has 0 saturated heterocycles. The first kappa shape index (κ1) is 7.95. The zero-order valence-electron chi connectivity index (χ0n) is 6.49. The van der Waals surface area contributed by atoms with Gasteiger partial charge in [0.15, 0.2) is 0 Å². The predicted molar refractivity (Wildman–Crippen MR) is 52.0 cm³/mol. The minimum absolute atomic E-state index is 0.651. The smallest absolute Gasteiger partial charge is 0.138 e. The van der Waals surface area contributed by atoms with Crippen molar-refractivity contribution < 1.29 is 0 Å². The van der Waals surface area contributed by atoms with Crippen LogP contribution in [0.3, 0.4) is 0 Å². The van der Waals surface area contributed by atoms with Gasteiger partial charge >= 0.3 is 0 Å². The molecule has 0 aromatic carbocycles. The molecule has 0 radical (unpaired) electrons. The summed E-state index contributed by atoms with van der Waals surface area (Å²) in [6, 6.07) is 4.03. The molecule has 0 spiro atoms. The maximum atomic E-state index is 5.86. The molecule has 0 aliphatic rings. The molecule has 2 aromatic heterocycles. The summed E-state index contributed by atoms with van der Waals surface area (Å²) in [7, 11) is 0. The first-order valence-electron chi connectivity index (χ1n) is 3.48. The van der Waals surface area contributed by atoms with Crippen LogP contribution in [0.2, 0.25) is 5.15 Å². The average molecular weight is 199 g/mol. The van der Waals surface area contributed by atoms with E-state index < -0.39 is 0 Å². The van der Waals surface area contributed by atoms with Crippen molar-refractivity contribution in [3.05, 3.63) is 29.7 Å². The molecule has 0 unspecified atom stereocenters. The number of halogens is 1. The van der Waals surface area contributed by atoms with Gasteiger partial charge in [-0.25, -0.2) is 4.98 Å². The summed E-state index contributed by atoms with van der Waals surface area (Å²) in [6.45, 7) is 0. The first-order chi connectivity index (χ1) is 5.81. The second-order valence-corrected chi connectivity index (χ2v) is 3.64. The highest BCUT2D eigenvalue weighted by Gasteiger charge is 1.99. The van der Waals surface area contributed by atoms with Gasteiger partial charge in [0.1, 0.15) is 10.8 Å². The monoisotopic (exact) mass is 198 g/mol. The van der Waals surface area contributed by atoms with Gasteiger partial charge in [0.05, 0.1) is 6.20 Å². The highest BCUT2D eigenvalue weighted by atomic mass is 35.5. The molecule has 0 amide bonds. The Kier molecular flexibility index (Phi) is 1.98. The van der Waals surface area contributed by atoms with Crippen LogP contribution >= 0.6 is 23.4 Å². The fourth-order valence-electron chi connectivity index (χ4n) is 1.06. The molecule has 0 bridgehead atoms. The lowest BCUT2D eigenvalue weighted by atomic mass is 10.5. The fraction of sp³-hybridized carbons (Fsp3) is 0.125. The maximum absolute atomic E-state index is 5.86. The van der Waals surface area contributed by atoms with E-state index in [1.54, 1.807) is 18.0 Å². The minimum atomic E-state index is 0.651. The third-order valence-electron chi connectivity index (χ3n) is 1.68. The summed E-state index contributed by atoms with van der Waals surface area (Å²) >= 11 is 7.56. The summed E-state index contributed by atoms with van der Waals surface area (Å²) in [5.41, 5.74) is 0.895. The molecule has 4 heteroatoms. The maximum Gasteiger partial charge on any atom is 0.138 e. The number of hydrogen-bond acceptors (Lipinski definition) is 2. The van der Waals surface area contributed by atoms with Crippen LogP contribution in [0.4, 0.5) is 0 Å². The van der Waals surface area contributed by atoms with Gasteiger partial charge in [0.2, 0.25) is 0 Å². The number of nitrogens with zero attached hydrogens (tertiary/aromatic N) is 2. The SMILES string of the molecule is CSc1ccn2c(Cl)cnc2c1. The number of fused-ring (bicyclic) bond motifs is 1. The Morgan fingerprint density at radius 3 is 3.17 bits per heavy atom. The average Bonchev–Trinajstić information content (AvgIpc) is 2.47. The second kappa shape index (κ2) is 2.99. The lowest BCUT2D eigenvalue weighted by Crippen LogP contribution is -1.83. The van der Waals surface area contributed by atoms with Crippen molar-refractivity contribution >= 4 is 29.0 Å². The molecule has 0 fully saturated rings. The molecular weight excluding hydrogens is 192 g/mol. The van der Waals surface area contributed by atoms with Crippen molar-refractivity contribution in [2.75, 3.05) is 6.26 Å². The van der Waals surface area contributed by atoms with Crippen molar-refractivity contribution in [2.24, 2.45) is 0 Å². The highest BCUT2D eigenvalue weighted by Crippen LogP contribution is 2.18. The van der Waals surface area contributed by atoms with Crippen LogP contribution in [0, 0.1) is 0 Å². The van der Waals surface area contributed by atoms with E-state index in [1.807, 2.05) is 29.0 Å². The van der Waals surface area contributed by atoms with Crippen molar-refractivity contribution in [1.29, 1.82) is 0 Å². The zero-order valence-corrected chi connectivity index (χ0v) is 8.06. The minimum Gasteiger partial charge on any atom is -0.290 e. The summed E-state index contributed by atoms with van der Waals surface area (Å²) in [5, 5.41) is 0.651. The summed E-state index contributed by atoms with van der Waals surface area (Å²) < 4.78 is 1.85. The number of aromatic nitrogens is 2. The van der Waals surface area contributed by atoms with Crippen LogP contribution < -0.4 is 0 Å². The quantitative estimate of drug-likeness (QED) is 0.656. The third kappa shape index (κ3) is 1.19. The highest BCUT2D eigenvalue weighted by molar-refractivity contribution is 7.98. The number of rotatable bonds is 1. The van der Waals surface area contributed by atoms with Gasteiger partial charge in [-0.1, -0.05) is 11.6 Å². The van der Waals surface area contributed by atoms with E-state index in [9.17, 15) is 0 Å². The van der Waals surface area contributed by atoms with Crippen molar-refractivity contribution in [1.82, 2.24) is 9.38 Å². The molecule has 0 N–H and O–H groups in total. The van der Waals surface area contributed by atoms with E-state index >= 15 is 0 Å². The Balaban J connectivity index is 2.69. The molecular formula is C8H7ClN2S. The van der Waals surface area contributed by atoms with Gasteiger partial charge < -0.3 is 0 Å². The fourth-order valence-corrected chi connectivity index (χ4v) is 1.67. The lowest BCUT2D eigenvalue weighted by Gasteiger charge is -1.97. The van der Waals surface area contributed by atoms with Crippen LogP contribution in [0.1, 0.15) is 0 Å². The van der Waals surface area contributed by atoms with Gasteiger partial charge in [-0.3, -0.25) is 4.40 Å². The van der Waals surface area contributed by atoms with Crippen molar-refractivity contribution in [2.45, 2.75) is 4.90 Å². The predicted octanol–water partition coefficient (Wildman–Crippen LogP) is 2.71. The Hall–Kier alpha value is -0.670. The topological polar surface area (TPSA) is 17.3 Å². The van der Waals surface area contributed by atoms with Crippen LogP contribution in [-0.2, 0) is 0 Å². The van der Waals surface area contributed by atoms with E-state index in [4.69, 9.17) is 11.6 Å². The number of imidazole rings is 1. The molecule has 2 aromatic rings. The van der Waals surface area contributed by atoms with Gasteiger partial charge in [-0.05, 0) is 18.4 Å².